The van der Waals surface area contributed by atoms with E-state index >= 15 is 0 Å². The minimum atomic E-state index is -0.679. The van der Waals surface area contributed by atoms with E-state index in [-0.39, 0.29) is 11.8 Å². The first-order chi connectivity index (χ1) is 7.56. The van der Waals surface area contributed by atoms with E-state index in [9.17, 15) is 9.59 Å². The van der Waals surface area contributed by atoms with Crippen LogP contribution in [0.4, 0.5) is 0 Å². The lowest BCUT2D eigenvalue weighted by molar-refractivity contribution is -0.129. The second kappa shape index (κ2) is 7.69. The average Bonchev–Trinajstić information content (AvgIpc) is 2.27. The molecule has 0 aromatic carbocycles. The third-order valence-electron chi connectivity index (χ3n) is 2.18. The maximum absolute atomic E-state index is 11.5. The number of hydrogen-bond acceptors (Lipinski definition) is 3. The second-order valence-corrected chi connectivity index (χ2v) is 3.61. The molecule has 0 spiro atoms. The van der Waals surface area contributed by atoms with Gasteiger partial charge >= 0.3 is 0 Å². The Labute approximate surface area is 96.2 Å². The Bertz CT molecular complexity index is 283. The van der Waals surface area contributed by atoms with Gasteiger partial charge in [-0.25, -0.2) is 0 Å². The van der Waals surface area contributed by atoms with Crippen LogP contribution in [-0.4, -0.2) is 24.4 Å². The molecule has 2 N–H and O–H groups in total. The van der Waals surface area contributed by atoms with Crippen molar-refractivity contribution in [3.05, 3.63) is 0 Å². The van der Waals surface area contributed by atoms with Crippen LogP contribution in [0.5, 0.6) is 0 Å². The topological polar surface area (TPSA) is 82.0 Å². The number of rotatable bonds is 6. The van der Waals surface area contributed by atoms with Crippen molar-refractivity contribution >= 4 is 11.8 Å². The fraction of sp³-hybridized carbons (Fsp3) is 0.727. The molecule has 2 amide bonds. The van der Waals surface area contributed by atoms with Gasteiger partial charge in [-0.3, -0.25) is 9.59 Å². The zero-order valence-electron chi connectivity index (χ0n) is 10.0. The van der Waals surface area contributed by atoms with Gasteiger partial charge < -0.3 is 10.6 Å². The SMILES string of the molecule is CCCNC(=O)C(C)NC(=O)C(C#N)CC. The van der Waals surface area contributed by atoms with Crippen LogP contribution in [0.25, 0.3) is 0 Å². The summed E-state index contributed by atoms with van der Waals surface area (Å²) in [5.74, 6) is -1.28. The summed E-state index contributed by atoms with van der Waals surface area (Å²) in [4.78, 5) is 22.9. The first-order valence-electron chi connectivity index (χ1n) is 5.54. The fourth-order valence-electron chi connectivity index (χ4n) is 1.12. The molecule has 0 bridgehead atoms. The van der Waals surface area contributed by atoms with Gasteiger partial charge in [0.25, 0.3) is 0 Å². The summed E-state index contributed by atoms with van der Waals surface area (Å²) in [6.07, 6.45) is 1.30. The molecule has 90 valence electrons. The third kappa shape index (κ3) is 4.78. The van der Waals surface area contributed by atoms with Gasteiger partial charge in [-0.05, 0) is 19.8 Å². The molecular formula is C11H19N3O2. The summed E-state index contributed by atoms with van der Waals surface area (Å²) in [7, 11) is 0. The van der Waals surface area contributed by atoms with Crippen molar-refractivity contribution in [1.82, 2.24) is 10.6 Å². The third-order valence-corrected chi connectivity index (χ3v) is 2.18. The Balaban J connectivity index is 4.13. The van der Waals surface area contributed by atoms with E-state index in [1.807, 2.05) is 13.0 Å². The largest absolute Gasteiger partial charge is 0.354 e. The highest BCUT2D eigenvalue weighted by Gasteiger charge is 2.20. The number of nitriles is 1. The van der Waals surface area contributed by atoms with Crippen molar-refractivity contribution in [2.75, 3.05) is 6.54 Å². The van der Waals surface area contributed by atoms with E-state index in [1.165, 1.54) is 0 Å². The minimum Gasteiger partial charge on any atom is -0.354 e. The normalized spacial score (nSPS) is 13.4. The molecule has 0 saturated heterocycles. The summed E-state index contributed by atoms with van der Waals surface area (Å²) >= 11 is 0. The van der Waals surface area contributed by atoms with Crippen LogP contribution in [0, 0.1) is 17.2 Å². The second-order valence-electron chi connectivity index (χ2n) is 3.61. The molecule has 0 aliphatic carbocycles. The predicted molar refractivity (Wildman–Crippen MR) is 60.3 cm³/mol. The van der Waals surface area contributed by atoms with Crippen molar-refractivity contribution in [2.24, 2.45) is 5.92 Å². The van der Waals surface area contributed by atoms with Crippen molar-refractivity contribution in [3.8, 4) is 6.07 Å². The maximum atomic E-state index is 11.5. The molecule has 0 aromatic rings. The maximum Gasteiger partial charge on any atom is 0.242 e. The van der Waals surface area contributed by atoms with Crippen LogP contribution in [0.1, 0.15) is 33.6 Å². The van der Waals surface area contributed by atoms with E-state index in [1.54, 1.807) is 13.8 Å². The molecule has 0 aromatic heterocycles. The van der Waals surface area contributed by atoms with Gasteiger partial charge in [0.05, 0.1) is 6.07 Å². The molecule has 0 radical (unpaired) electrons. The molecule has 0 rings (SSSR count). The molecule has 16 heavy (non-hydrogen) atoms. The molecule has 2 atom stereocenters. The number of nitrogens with zero attached hydrogens (tertiary/aromatic N) is 1. The first-order valence-corrected chi connectivity index (χ1v) is 5.54. The zero-order valence-corrected chi connectivity index (χ0v) is 10.0. The van der Waals surface area contributed by atoms with Crippen molar-refractivity contribution in [2.45, 2.75) is 39.7 Å². The van der Waals surface area contributed by atoms with Crippen LogP contribution >= 0.6 is 0 Å². The van der Waals surface area contributed by atoms with E-state index < -0.39 is 12.0 Å². The fourth-order valence-corrected chi connectivity index (χ4v) is 1.12. The molecular weight excluding hydrogens is 206 g/mol. The minimum absolute atomic E-state index is 0.219. The smallest absolute Gasteiger partial charge is 0.242 e. The number of nitrogens with one attached hydrogen (secondary N) is 2. The summed E-state index contributed by atoms with van der Waals surface area (Å²) < 4.78 is 0. The predicted octanol–water partition coefficient (Wildman–Crippen LogP) is 0.567. The quantitative estimate of drug-likeness (QED) is 0.693. The number of carbonyl (C=O) groups is 2. The molecule has 0 aliphatic heterocycles. The lowest BCUT2D eigenvalue weighted by Gasteiger charge is -2.15. The van der Waals surface area contributed by atoms with Gasteiger partial charge in [0.15, 0.2) is 0 Å². The van der Waals surface area contributed by atoms with Gasteiger partial charge in [0.2, 0.25) is 11.8 Å². The van der Waals surface area contributed by atoms with Crippen LogP contribution in [0.2, 0.25) is 0 Å². The molecule has 5 heteroatoms. The standard InChI is InChI=1S/C11H19N3O2/c1-4-6-13-10(15)8(3)14-11(16)9(5-2)7-12/h8-9H,4-6H2,1-3H3,(H,13,15)(H,14,16). The Hall–Kier alpha value is -1.57. The highest BCUT2D eigenvalue weighted by atomic mass is 16.2. The molecule has 0 aliphatic rings. The Kier molecular flexibility index (Phi) is 6.93. The van der Waals surface area contributed by atoms with Gasteiger partial charge in [0.1, 0.15) is 12.0 Å². The van der Waals surface area contributed by atoms with Crippen molar-refractivity contribution in [1.29, 1.82) is 5.26 Å². The van der Waals surface area contributed by atoms with Crippen molar-refractivity contribution in [3.63, 3.8) is 0 Å². The van der Waals surface area contributed by atoms with Crippen molar-refractivity contribution < 1.29 is 9.59 Å². The highest BCUT2D eigenvalue weighted by Crippen LogP contribution is 2.00. The lowest BCUT2D eigenvalue weighted by Crippen LogP contribution is -2.46. The summed E-state index contributed by atoms with van der Waals surface area (Å²) in [5, 5.41) is 13.9. The van der Waals surface area contributed by atoms with Crippen LogP contribution < -0.4 is 10.6 Å². The van der Waals surface area contributed by atoms with Gasteiger partial charge in [-0.15, -0.1) is 0 Å². The first kappa shape index (κ1) is 14.4. The monoisotopic (exact) mass is 225 g/mol. The summed E-state index contributed by atoms with van der Waals surface area (Å²) in [5.41, 5.74) is 0. The Morgan fingerprint density at radius 1 is 1.31 bits per heavy atom. The highest BCUT2D eigenvalue weighted by molar-refractivity contribution is 5.89. The molecule has 2 unspecified atom stereocenters. The van der Waals surface area contributed by atoms with Gasteiger partial charge in [-0.2, -0.15) is 5.26 Å². The Morgan fingerprint density at radius 3 is 2.38 bits per heavy atom. The molecule has 5 nitrogen and oxygen atoms in total. The van der Waals surface area contributed by atoms with Gasteiger partial charge in [0, 0.05) is 6.54 Å². The number of hydrogen-bond donors (Lipinski definition) is 2. The lowest BCUT2D eigenvalue weighted by atomic mass is 10.1. The zero-order chi connectivity index (χ0) is 12.6. The van der Waals surface area contributed by atoms with E-state index in [4.69, 9.17) is 5.26 Å². The van der Waals surface area contributed by atoms with Crippen LogP contribution in [-0.2, 0) is 9.59 Å². The summed E-state index contributed by atoms with van der Waals surface area (Å²) in [6.45, 7) is 5.91. The van der Waals surface area contributed by atoms with Crippen LogP contribution in [0.15, 0.2) is 0 Å². The molecule has 0 heterocycles. The Morgan fingerprint density at radius 2 is 1.94 bits per heavy atom. The van der Waals surface area contributed by atoms with Crippen LogP contribution in [0.3, 0.4) is 0 Å². The van der Waals surface area contributed by atoms with Gasteiger partial charge in [-0.1, -0.05) is 13.8 Å². The summed E-state index contributed by atoms with van der Waals surface area (Å²) in [6, 6.07) is 1.30. The molecule has 0 fully saturated rings. The van der Waals surface area contributed by atoms with E-state index in [0.717, 1.165) is 6.42 Å². The van der Waals surface area contributed by atoms with E-state index in [2.05, 4.69) is 10.6 Å². The molecule has 0 saturated carbocycles. The van der Waals surface area contributed by atoms with E-state index in [0.29, 0.717) is 13.0 Å². The number of amides is 2. The number of carbonyl (C=O) groups excluding carboxylic acids is 2. The average molecular weight is 225 g/mol.